The molecule has 0 spiro atoms. The van der Waals surface area contributed by atoms with Crippen molar-refractivity contribution in [3.63, 3.8) is 0 Å². The Labute approximate surface area is 146 Å². The van der Waals surface area contributed by atoms with E-state index in [1.54, 1.807) is 6.92 Å². The molecule has 1 rings (SSSR count). The Balaban J connectivity index is 3.21. The number of carbonyl (C=O) groups excluding carboxylic acids is 1. The quantitative estimate of drug-likeness (QED) is 0.559. The van der Waals surface area contributed by atoms with Gasteiger partial charge in [-0.1, -0.05) is 60.9 Å². The number of nitrogens with two attached hydrogens (primary N) is 1. The van der Waals surface area contributed by atoms with Crippen LogP contribution in [0.3, 0.4) is 0 Å². The van der Waals surface area contributed by atoms with Crippen LogP contribution in [0.5, 0.6) is 0 Å². The summed E-state index contributed by atoms with van der Waals surface area (Å²) in [5.74, 6) is -0.166. The summed E-state index contributed by atoms with van der Waals surface area (Å²) in [7, 11) is 0. The summed E-state index contributed by atoms with van der Waals surface area (Å²) in [6.07, 6.45) is 14.7. The van der Waals surface area contributed by atoms with Crippen molar-refractivity contribution in [3.8, 4) is 0 Å². The highest BCUT2D eigenvalue weighted by molar-refractivity contribution is 8.29. The van der Waals surface area contributed by atoms with E-state index in [1.807, 2.05) is 43.4 Å². The van der Waals surface area contributed by atoms with E-state index in [9.17, 15) is 4.79 Å². The van der Waals surface area contributed by atoms with Crippen molar-refractivity contribution in [2.45, 2.75) is 20.3 Å². The van der Waals surface area contributed by atoms with E-state index in [4.69, 9.17) is 11.1 Å². The third-order valence-electron chi connectivity index (χ3n) is 2.89. The maximum atomic E-state index is 11.1. The zero-order valence-corrected chi connectivity index (χ0v) is 15.1. The average Bonchev–Trinajstić information content (AvgIpc) is 2.49. The lowest BCUT2D eigenvalue weighted by molar-refractivity contribution is -0.115. The van der Waals surface area contributed by atoms with Gasteiger partial charge in [-0.25, -0.2) is 0 Å². The highest BCUT2D eigenvalue weighted by Crippen LogP contribution is 2.37. The Hall–Kier alpha value is -1.72. The predicted molar refractivity (Wildman–Crippen MR) is 105 cm³/mol. The first-order valence-corrected chi connectivity index (χ1v) is 8.95. The van der Waals surface area contributed by atoms with Gasteiger partial charge in [-0.2, -0.15) is 0 Å². The highest BCUT2D eigenvalue weighted by Gasteiger charge is 2.13. The number of allylic oxidation sites excluding steroid dienone is 10. The molecule has 5 heteroatoms. The van der Waals surface area contributed by atoms with Crippen LogP contribution in [-0.2, 0) is 4.79 Å². The number of carbonyl (C=O) groups is 1. The topological polar surface area (TPSA) is 66.9 Å². The van der Waals surface area contributed by atoms with Crippen molar-refractivity contribution >= 4 is 34.5 Å². The Morgan fingerprint density at radius 2 is 1.91 bits per heavy atom. The Morgan fingerprint density at radius 3 is 2.57 bits per heavy atom. The van der Waals surface area contributed by atoms with Crippen LogP contribution in [0.15, 0.2) is 70.1 Å². The number of hydrogen-bond donors (Lipinski definition) is 2. The molecule has 0 unspecified atom stereocenters. The van der Waals surface area contributed by atoms with Crippen LogP contribution in [-0.4, -0.2) is 16.7 Å². The largest absolute Gasteiger partial charge is 0.369 e. The maximum Gasteiger partial charge on any atom is 0.227 e. The summed E-state index contributed by atoms with van der Waals surface area (Å²) >= 11 is 2.72. The number of rotatable bonds is 5. The molecule has 0 aliphatic heterocycles. The second kappa shape index (κ2) is 10.1. The lowest BCUT2D eigenvalue weighted by Gasteiger charge is -2.15. The number of hydrogen-bond acceptors (Lipinski definition) is 4. The second-order valence-electron chi connectivity index (χ2n) is 4.91. The summed E-state index contributed by atoms with van der Waals surface area (Å²) < 4.78 is 0.911. The molecule has 1 amide bonds. The predicted octanol–water partition coefficient (Wildman–Crippen LogP) is 4.72. The third kappa shape index (κ3) is 7.39. The van der Waals surface area contributed by atoms with Gasteiger partial charge in [0.15, 0.2) is 0 Å². The molecule has 0 aromatic carbocycles. The van der Waals surface area contributed by atoms with E-state index >= 15 is 0 Å². The average molecular weight is 347 g/mol. The van der Waals surface area contributed by atoms with Gasteiger partial charge in [-0.3, -0.25) is 10.2 Å². The minimum atomic E-state index is -0.365. The van der Waals surface area contributed by atoms with E-state index in [-0.39, 0.29) is 11.7 Å². The molecule has 23 heavy (non-hydrogen) atoms. The monoisotopic (exact) mass is 346 g/mol. The first kappa shape index (κ1) is 19.3. The molecule has 0 heterocycles. The maximum absolute atomic E-state index is 11.1. The fourth-order valence-electron chi connectivity index (χ4n) is 1.85. The van der Waals surface area contributed by atoms with Crippen LogP contribution < -0.4 is 5.73 Å². The van der Waals surface area contributed by atoms with Crippen LogP contribution >= 0.6 is 23.5 Å². The first-order valence-electron chi connectivity index (χ1n) is 7.15. The second-order valence-corrected chi connectivity index (χ2v) is 7.38. The van der Waals surface area contributed by atoms with Gasteiger partial charge in [0.2, 0.25) is 5.91 Å². The van der Waals surface area contributed by atoms with Crippen molar-refractivity contribution in [2.24, 2.45) is 5.73 Å². The standard InChI is InChI=1S/C18H22N2OS2/c1-13-10-8-6-4-5-7-9-11-16(13)14(2)18(23-15(3)19)22-12-17(20)21/h4-9,11,19H,1,10,12H2,2-3H3,(H2,20,21)/b5-4-,8-6-,9-7-,16-11+,18-14+,19-15?. The van der Waals surface area contributed by atoms with Crippen molar-refractivity contribution in [1.29, 1.82) is 5.41 Å². The Morgan fingerprint density at radius 1 is 1.26 bits per heavy atom. The molecule has 0 aromatic heterocycles. The zero-order valence-electron chi connectivity index (χ0n) is 13.5. The summed E-state index contributed by atoms with van der Waals surface area (Å²) in [6, 6.07) is 0. The van der Waals surface area contributed by atoms with Crippen molar-refractivity contribution < 1.29 is 4.79 Å². The van der Waals surface area contributed by atoms with Crippen LogP contribution in [0.1, 0.15) is 20.3 Å². The molecule has 0 bridgehead atoms. The van der Waals surface area contributed by atoms with Gasteiger partial charge in [-0.15, -0.1) is 11.8 Å². The SMILES string of the molecule is C=C1C\C=C/C=C\C=C/C=C1/C(C)=C(\SCC(N)=O)SC(C)=N. The summed E-state index contributed by atoms with van der Waals surface area (Å²) in [5, 5.41) is 8.21. The zero-order chi connectivity index (χ0) is 17.2. The van der Waals surface area contributed by atoms with Gasteiger partial charge < -0.3 is 5.73 Å². The lowest BCUT2D eigenvalue weighted by atomic mass is 9.97. The van der Waals surface area contributed by atoms with Crippen molar-refractivity contribution in [1.82, 2.24) is 0 Å². The van der Waals surface area contributed by atoms with Crippen molar-refractivity contribution in [3.05, 3.63) is 70.1 Å². The number of nitrogens with one attached hydrogen (secondary N) is 1. The molecule has 1 aliphatic rings. The van der Waals surface area contributed by atoms with Gasteiger partial charge >= 0.3 is 0 Å². The van der Waals surface area contributed by atoms with Gasteiger partial charge in [-0.05, 0) is 37.0 Å². The smallest absolute Gasteiger partial charge is 0.227 e. The molecule has 1 aliphatic carbocycles. The van der Waals surface area contributed by atoms with E-state index in [0.717, 1.165) is 27.4 Å². The molecule has 0 radical (unpaired) electrons. The Kier molecular flexibility index (Phi) is 8.51. The molecule has 0 saturated carbocycles. The molecular formula is C18H22N2OS2. The number of thioether (sulfide) groups is 2. The van der Waals surface area contributed by atoms with Gasteiger partial charge in [0.25, 0.3) is 0 Å². The lowest BCUT2D eigenvalue weighted by Crippen LogP contribution is -2.13. The summed E-state index contributed by atoms with van der Waals surface area (Å²) in [5.41, 5.74) is 8.30. The molecule has 0 aromatic rings. The third-order valence-corrected chi connectivity index (χ3v) is 5.29. The van der Waals surface area contributed by atoms with Crippen molar-refractivity contribution in [2.75, 3.05) is 5.75 Å². The summed E-state index contributed by atoms with van der Waals surface area (Å²) in [4.78, 5) is 11.1. The first-order chi connectivity index (χ1) is 10.9. The van der Waals surface area contributed by atoms with Gasteiger partial charge in [0.05, 0.1) is 15.0 Å². The van der Waals surface area contributed by atoms with Gasteiger partial charge in [0, 0.05) is 0 Å². The molecule has 0 fully saturated rings. The minimum absolute atomic E-state index is 0.200. The van der Waals surface area contributed by atoms with Crippen LogP contribution in [0.4, 0.5) is 0 Å². The number of amides is 1. The normalized spacial score (nSPS) is 22.3. The van der Waals surface area contributed by atoms with E-state index in [2.05, 4.69) is 12.7 Å². The molecule has 0 atom stereocenters. The Bertz CT molecular complexity index is 637. The van der Waals surface area contributed by atoms with Crippen LogP contribution in [0.2, 0.25) is 0 Å². The summed E-state index contributed by atoms with van der Waals surface area (Å²) in [6.45, 7) is 7.90. The van der Waals surface area contributed by atoms with E-state index < -0.39 is 0 Å². The number of primary amides is 1. The molecule has 3 N–H and O–H groups in total. The van der Waals surface area contributed by atoms with E-state index in [0.29, 0.717) is 5.04 Å². The molecule has 0 saturated heterocycles. The molecule has 122 valence electrons. The minimum Gasteiger partial charge on any atom is -0.369 e. The van der Waals surface area contributed by atoms with Gasteiger partial charge in [0.1, 0.15) is 0 Å². The highest BCUT2D eigenvalue weighted by atomic mass is 32.2. The van der Waals surface area contributed by atoms with Crippen LogP contribution in [0.25, 0.3) is 0 Å². The fraction of sp³-hybridized carbons (Fsp3) is 0.222. The molecular weight excluding hydrogens is 324 g/mol. The fourth-order valence-corrected chi connectivity index (χ4v) is 3.78. The molecule has 3 nitrogen and oxygen atoms in total. The van der Waals surface area contributed by atoms with Crippen LogP contribution in [0, 0.1) is 5.41 Å². The van der Waals surface area contributed by atoms with E-state index in [1.165, 1.54) is 23.5 Å².